The molecular formula is C12H24N2OS. The van der Waals surface area contributed by atoms with Gasteiger partial charge in [0, 0.05) is 26.7 Å². The van der Waals surface area contributed by atoms with Gasteiger partial charge in [0.2, 0.25) is 0 Å². The summed E-state index contributed by atoms with van der Waals surface area (Å²) in [6.45, 7) is 3.83. The van der Waals surface area contributed by atoms with Gasteiger partial charge in [0.1, 0.15) is 0 Å². The second kappa shape index (κ2) is 7.07. The molecule has 3 nitrogen and oxygen atoms in total. The first-order valence-corrected chi connectivity index (χ1v) is 6.57. The predicted molar refractivity (Wildman–Crippen MR) is 71.7 cm³/mol. The van der Waals surface area contributed by atoms with Crippen LogP contribution in [0.4, 0.5) is 0 Å². The zero-order chi connectivity index (χ0) is 12.0. The highest BCUT2D eigenvalue weighted by Crippen LogP contribution is 2.27. The summed E-state index contributed by atoms with van der Waals surface area (Å²) in [4.78, 5) is 2.23. The van der Waals surface area contributed by atoms with Gasteiger partial charge in [0.25, 0.3) is 0 Å². The van der Waals surface area contributed by atoms with E-state index in [0.29, 0.717) is 12.6 Å². The van der Waals surface area contributed by atoms with E-state index < -0.39 is 0 Å². The van der Waals surface area contributed by atoms with Crippen LogP contribution >= 0.6 is 12.2 Å². The summed E-state index contributed by atoms with van der Waals surface area (Å²) in [5.74, 6) is 0.751. The van der Waals surface area contributed by atoms with Gasteiger partial charge in [-0.15, -0.1) is 0 Å². The summed E-state index contributed by atoms with van der Waals surface area (Å²) >= 11 is 5.38. The summed E-state index contributed by atoms with van der Waals surface area (Å²) in [6, 6.07) is 0.608. The Balaban J connectivity index is 2.36. The summed E-state index contributed by atoms with van der Waals surface area (Å²) in [5.41, 5.74) is 0. The van der Waals surface area contributed by atoms with Gasteiger partial charge < -0.3 is 15.0 Å². The van der Waals surface area contributed by atoms with E-state index in [1.807, 2.05) is 0 Å². The highest BCUT2D eigenvalue weighted by molar-refractivity contribution is 7.80. The Hall–Kier alpha value is -0.350. The average molecular weight is 244 g/mol. The number of thiocarbonyl (C=S) groups is 1. The molecule has 1 rings (SSSR count). The molecule has 94 valence electrons. The van der Waals surface area contributed by atoms with E-state index in [4.69, 9.17) is 17.0 Å². The summed E-state index contributed by atoms with van der Waals surface area (Å²) in [6.07, 6.45) is 5.30. The Kier molecular flexibility index (Phi) is 6.06. The van der Waals surface area contributed by atoms with Crippen molar-refractivity contribution >= 4 is 17.3 Å². The third-order valence-electron chi connectivity index (χ3n) is 3.47. The molecule has 2 atom stereocenters. The number of methoxy groups -OCH3 is 1. The van der Waals surface area contributed by atoms with E-state index in [9.17, 15) is 0 Å². The van der Waals surface area contributed by atoms with Gasteiger partial charge >= 0.3 is 0 Å². The molecule has 1 N–H and O–H groups in total. The van der Waals surface area contributed by atoms with Crippen molar-refractivity contribution < 1.29 is 4.74 Å². The monoisotopic (exact) mass is 244 g/mol. The molecule has 1 aliphatic rings. The molecule has 0 radical (unpaired) electrons. The number of ether oxygens (including phenoxy) is 1. The SMILES string of the molecule is COCCNC(=S)N(C)C1CCCCC1C. The maximum atomic E-state index is 5.38. The smallest absolute Gasteiger partial charge is 0.169 e. The first-order chi connectivity index (χ1) is 7.66. The Morgan fingerprint density at radius 3 is 2.75 bits per heavy atom. The summed E-state index contributed by atoms with van der Waals surface area (Å²) < 4.78 is 5.00. The van der Waals surface area contributed by atoms with Crippen molar-refractivity contribution in [1.82, 2.24) is 10.2 Å². The van der Waals surface area contributed by atoms with Crippen molar-refractivity contribution in [1.29, 1.82) is 0 Å². The van der Waals surface area contributed by atoms with Crippen molar-refractivity contribution in [2.75, 3.05) is 27.3 Å². The molecule has 0 saturated heterocycles. The van der Waals surface area contributed by atoms with E-state index in [1.54, 1.807) is 7.11 Å². The van der Waals surface area contributed by atoms with Crippen LogP contribution in [0.25, 0.3) is 0 Å². The molecular weight excluding hydrogens is 220 g/mol. The molecule has 2 unspecified atom stereocenters. The molecule has 1 saturated carbocycles. The van der Waals surface area contributed by atoms with Crippen LogP contribution in [0.5, 0.6) is 0 Å². The molecule has 0 aromatic heterocycles. The molecule has 0 amide bonds. The van der Waals surface area contributed by atoms with Gasteiger partial charge in [-0.2, -0.15) is 0 Å². The molecule has 1 fully saturated rings. The van der Waals surface area contributed by atoms with Gasteiger partial charge in [-0.3, -0.25) is 0 Å². The Bertz CT molecular complexity index is 223. The minimum Gasteiger partial charge on any atom is -0.383 e. The lowest BCUT2D eigenvalue weighted by atomic mass is 9.85. The zero-order valence-electron chi connectivity index (χ0n) is 10.7. The molecule has 0 aliphatic heterocycles. The highest BCUT2D eigenvalue weighted by atomic mass is 32.1. The number of nitrogens with one attached hydrogen (secondary N) is 1. The fraction of sp³-hybridized carbons (Fsp3) is 0.917. The second-order valence-corrected chi connectivity index (χ2v) is 5.05. The number of nitrogens with zero attached hydrogens (tertiary/aromatic N) is 1. The molecule has 0 aromatic rings. The Morgan fingerprint density at radius 2 is 2.12 bits per heavy atom. The third kappa shape index (κ3) is 3.91. The van der Waals surface area contributed by atoms with Crippen molar-refractivity contribution in [2.45, 2.75) is 38.6 Å². The van der Waals surface area contributed by atoms with Gasteiger partial charge in [0.15, 0.2) is 5.11 Å². The maximum Gasteiger partial charge on any atom is 0.169 e. The Labute approximate surface area is 105 Å². The van der Waals surface area contributed by atoms with Crippen LogP contribution in [0.2, 0.25) is 0 Å². The van der Waals surface area contributed by atoms with Gasteiger partial charge in [0.05, 0.1) is 6.61 Å². The normalized spacial score (nSPS) is 25.2. The molecule has 16 heavy (non-hydrogen) atoms. The summed E-state index contributed by atoms with van der Waals surface area (Å²) in [7, 11) is 3.81. The van der Waals surface area contributed by atoms with Crippen molar-refractivity contribution in [3.8, 4) is 0 Å². The first-order valence-electron chi connectivity index (χ1n) is 6.16. The van der Waals surface area contributed by atoms with E-state index in [1.165, 1.54) is 25.7 Å². The molecule has 1 aliphatic carbocycles. The lowest BCUT2D eigenvalue weighted by Gasteiger charge is -2.37. The predicted octanol–water partition coefficient (Wildman–Crippen LogP) is 2.02. The standard InChI is InChI=1S/C12H24N2OS/c1-10-6-4-5-7-11(10)14(2)12(16)13-8-9-15-3/h10-11H,4-9H2,1-3H3,(H,13,16). The lowest BCUT2D eigenvalue weighted by molar-refractivity contribution is 0.192. The number of hydrogen-bond donors (Lipinski definition) is 1. The molecule has 4 heteroatoms. The quantitative estimate of drug-likeness (QED) is 0.604. The van der Waals surface area contributed by atoms with Gasteiger partial charge in [-0.25, -0.2) is 0 Å². The van der Waals surface area contributed by atoms with Crippen molar-refractivity contribution in [3.05, 3.63) is 0 Å². The van der Waals surface area contributed by atoms with Crippen molar-refractivity contribution in [3.63, 3.8) is 0 Å². The molecule has 0 heterocycles. The average Bonchev–Trinajstić information content (AvgIpc) is 2.29. The minimum absolute atomic E-state index is 0.608. The molecule has 0 aromatic carbocycles. The summed E-state index contributed by atoms with van der Waals surface area (Å²) in [5, 5.41) is 4.09. The van der Waals surface area contributed by atoms with Crippen LogP contribution in [0.1, 0.15) is 32.6 Å². The largest absolute Gasteiger partial charge is 0.383 e. The zero-order valence-corrected chi connectivity index (χ0v) is 11.5. The van der Waals surface area contributed by atoms with E-state index in [0.717, 1.165) is 17.6 Å². The van der Waals surface area contributed by atoms with E-state index in [-0.39, 0.29) is 0 Å². The third-order valence-corrected chi connectivity index (χ3v) is 3.90. The first kappa shape index (κ1) is 13.7. The van der Waals surface area contributed by atoms with Gasteiger partial charge in [-0.1, -0.05) is 19.8 Å². The van der Waals surface area contributed by atoms with Crippen molar-refractivity contribution in [2.24, 2.45) is 5.92 Å². The van der Waals surface area contributed by atoms with Gasteiger partial charge in [-0.05, 0) is 31.0 Å². The lowest BCUT2D eigenvalue weighted by Crippen LogP contribution is -2.47. The minimum atomic E-state index is 0.608. The number of rotatable bonds is 4. The van der Waals surface area contributed by atoms with Crippen LogP contribution < -0.4 is 5.32 Å². The molecule has 0 spiro atoms. The fourth-order valence-electron chi connectivity index (χ4n) is 2.41. The maximum absolute atomic E-state index is 5.38. The van der Waals surface area contributed by atoms with Crippen LogP contribution in [0, 0.1) is 5.92 Å². The topological polar surface area (TPSA) is 24.5 Å². The van der Waals surface area contributed by atoms with E-state index in [2.05, 4.69) is 24.2 Å². The van der Waals surface area contributed by atoms with Crippen LogP contribution in [0.15, 0.2) is 0 Å². The van der Waals surface area contributed by atoms with Crippen LogP contribution in [-0.4, -0.2) is 43.4 Å². The Morgan fingerprint density at radius 1 is 1.44 bits per heavy atom. The fourth-order valence-corrected chi connectivity index (χ4v) is 2.64. The van der Waals surface area contributed by atoms with Crippen LogP contribution in [0.3, 0.4) is 0 Å². The van der Waals surface area contributed by atoms with Crippen LogP contribution in [-0.2, 0) is 4.74 Å². The van der Waals surface area contributed by atoms with E-state index >= 15 is 0 Å². The number of hydrogen-bond acceptors (Lipinski definition) is 2. The highest BCUT2D eigenvalue weighted by Gasteiger charge is 2.25. The second-order valence-electron chi connectivity index (χ2n) is 4.66. The molecule has 0 bridgehead atoms.